The number of imide groups is 1. The smallest absolute Gasteiger partial charge is 0.320 e. The van der Waals surface area contributed by atoms with Gasteiger partial charge in [0.1, 0.15) is 17.5 Å². The van der Waals surface area contributed by atoms with Crippen molar-refractivity contribution in [2.24, 2.45) is 0 Å². The Morgan fingerprint density at radius 3 is 2.64 bits per heavy atom. The van der Waals surface area contributed by atoms with Crippen LogP contribution < -0.4 is 10.6 Å². The van der Waals surface area contributed by atoms with Crippen molar-refractivity contribution in [3.63, 3.8) is 0 Å². The molecule has 0 aromatic carbocycles. The summed E-state index contributed by atoms with van der Waals surface area (Å²) in [6, 6.07) is 1.67. The van der Waals surface area contributed by atoms with Gasteiger partial charge >= 0.3 is 5.97 Å². The second kappa shape index (κ2) is 8.30. The number of hydrogen-bond donors (Lipinski definition) is 2. The van der Waals surface area contributed by atoms with Crippen molar-refractivity contribution in [2.45, 2.75) is 64.1 Å². The summed E-state index contributed by atoms with van der Waals surface area (Å²) in [4.78, 5) is 37.2. The van der Waals surface area contributed by atoms with Crippen LogP contribution in [0, 0.1) is 0 Å². The Balaban J connectivity index is 1.47. The van der Waals surface area contributed by atoms with Crippen molar-refractivity contribution >= 4 is 23.6 Å². The Kier molecular flexibility index (Phi) is 6.02. The fraction of sp³-hybridized carbons (Fsp3) is 0.684. The van der Waals surface area contributed by atoms with Crippen LogP contribution in [0.1, 0.15) is 52.5 Å². The molecule has 1 unspecified atom stereocenters. The third-order valence-electron chi connectivity index (χ3n) is 4.87. The minimum absolute atomic E-state index is 0.194. The summed E-state index contributed by atoms with van der Waals surface area (Å²) in [7, 11) is 0. The number of carbonyl (C=O) groups is 3. The number of hydrogen-bond acceptors (Lipinski definition) is 7. The zero-order chi connectivity index (χ0) is 20.3. The highest BCUT2D eigenvalue weighted by Gasteiger charge is 2.28. The van der Waals surface area contributed by atoms with Crippen molar-refractivity contribution in [3.8, 4) is 0 Å². The van der Waals surface area contributed by atoms with E-state index < -0.39 is 11.6 Å². The number of amides is 2. The van der Waals surface area contributed by atoms with Gasteiger partial charge in [0.25, 0.3) is 0 Å². The van der Waals surface area contributed by atoms with Crippen LogP contribution >= 0.6 is 0 Å². The molecule has 1 aromatic heterocycles. The molecule has 1 atom stereocenters. The number of esters is 1. The summed E-state index contributed by atoms with van der Waals surface area (Å²) < 4.78 is 7.30. The molecule has 2 amide bonds. The number of nitrogens with zero attached hydrogens (tertiary/aromatic N) is 3. The Morgan fingerprint density at radius 1 is 1.29 bits per heavy atom. The first-order valence-electron chi connectivity index (χ1n) is 9.79. The van der Waals surface area contributed by atoms with Crippen molar-refractivity contribution < 1.29 is 19.1 Å². The molecule has 2 fully saturated rings. The van der Waals surface area contributed by atoms with Gasteiger partial charge in [-0.15, -0.1) is 0 Å². The lowest BCUT2D eigenvalue weighted by atomic mass is 10.1. The maximum atomic E-state index is 12.0. The van der Waals surface area contributed by atoms with Gasteiger partial charge in [-0.2, -0.15) is 5.10 Å². The highest BCUT2D eigenvalue weighted by molar-refractivity contribution is 6.01. The average molecular weight is 391 g/mol. The van der Waals surface area contributed by atoms with Gasteiger partial charge < -0.3 is 10.1 Å². The van der Waals surface area contributed by atoms with E-state index in [4.69, 9.17) is 4.74 Å². The minimum atomic E-state index is -0.462. The van der Waals surface area contributed by atoms with Gasteiger partial charge in [-0.05, 0) is 40.0 Å². The van der Waals surface area contributed by atoms with Gasteiger partial charge in [0.05, 0.1) is 12.6 Å². The number of nitrogens with one attached hydrogen (secondary N) is 2. The summed E-state index contributed by atoms with van der Waals surface area (Å²) in [5.74, 6) is -0.0978. The molecule has 3 heterocycles. The zero-order valence-corrected chi connectivity index (χ0v) is 16.7. The van der Waals surface area contributed by atoms with Crippen LogP contribution in [0.15, 0.2) is 12.3 Å². The summed E-state index contributed by atoms with van der Waals surface area (Å²) in [5, 5.41) is 9.98. The molecule has 28 heavy (non-hydrogen) atoms. The van der Waals surface area contributed by atoms with Crippen LogP contribution in [0.25, 0.3) is 0 Å². The first kappa shape index (κ1) is 20.3. The summed E-state index contributed by atoms with van der Waals surface area (Å²) in [5.41, 5.74) is -0.462. The van der Waals surface area contributed by atoms with Gasteiger partial charge in [-0.1, -0.05) is 0 Å². The van der Waals surface area contributed by atoms with E-state index in [0.29, 0.717) is 25.2 Å². The number of piperidine rings is 2. The third-order valence-corrected chi connectivity index (χ3v) is 4.87. The molecule has 0 aliphatic carbocycles. The fourth-order valence-corrected chi connectivity index (χ4v) is 3.53. The van der Waals surface area contributed by atoms with Crippen molar-refractivity contribution in [2.75, 3.05) is 25.0 Å². The molecule has 1 aromatic rings. The number of carbonyl (C=O) groups excluding carboxylic acids is 3. The van der Waals surface area contributed by atoms with Crippen LogP contribution in [-0.4, -0.2) is 63.7 Å². The standard InChI is InChI=1S/C19H29N5O4/c1-19(2,3)28-17(26)12-23-9-6-13(7-10-23)24-11-8-15(22-24)20-14-4-5-16(25)21-18(14)27/h8,11,13-14H,4-7,9-10,12H2,1-3H3,(H,20,22)(H,21,25,27). The molecular formula is C19H29N5O4. The van der Waals surface area contributed by atoms with E-state index in [1.54, 1.807) is 0 Å². The first-order chi connectivity index (χ1) is 13.2. The minimum Gasteiger partial charge on any atom is -0.459 e. The zero-order valence-electron chi connectivity index (χ0n) is 16.7. The molecule has 2 N–H and O–H groups in total. The van der Waals surface area contributed by atoms with Crippen LogP contribution in [0.4, 0.5) is 5.82 Å². The monoisotopic (exact) mass is 391 g/mol. The summed E-state index contributed by atoms with van der Waals surface area (Å²) in [6.45, 7) is 7.53. The van der Waals surface area contributed by atoms with Gasteiger partial charge in [-0.25, -0.2) is 0 Å². The first-order valence-corrected chi connectivity index (χ1v) is 9.79. The maximum absolute atomic E-state index is 12.0. The molecule has 0 bridgehead atoms. The summed E-state index contributed by atoms with van der Waals surface area (Å²) in [6.07, 6.45) is 4.49. The van der Waals surface area contributed by atoms with E-state index in [1.807, 2.05) is 37.7 Å². The fourth-order valence-electron chi connectivity index (χ4n) is 3.53. The second-order valence-electron chi connectivity index (χ2n) is 8.42. The maximum Gasteiger partial charge on any atom is 0.320 e. The van der Waals surface area contributed by atoms with Crippen molar-refractivity contribution in [1.82, 2.24) is 20.0 Å². The quantitative estimate of drug-likeness (QED) is 0.571. The molecule has 2 aliphatic rings. The number of likely N-dealkylation sites (tertiary alicyclic amines) is 1. The SMILES string of the molecule is CC(C)(C)OC(=O)CN1CCC(n2ccc(NC3CCC(=O)NC3=O)n2)CC1. The van der Waals surface area contributed by atoms with Crippen LogP contribution in [0.2, 0.25) is 0 Å². The van der Waals surface area contributed by atoms with Crippen LogP contribution in [-0.2, 0) is 19.1 Å². The van der Waals surface area contributed by atoms with Gasteiger partial charge in [0.2, 0.25) is 11.8 Å². The van der Waals surface area contributed by atoms with Crippen molar-refractivity contribution in [3.05, 3.63) is 12.3 Å². The Bertz CT molecular complexity index is 731. The van der Waals surface area contributed by atoms with Crippen molar-refractivity contribution in [1.29, 1.82) is 0 Å². The summed E-state index contributed by atoms with van der Waals surface area (Å²) >= 11 is 0. The highest BCUT2D eigenvalue weighted by Crippen LogP contribution is 2.23. The molecule has 0 saturated carbocycles. The van der Waals surface area contributed by atoms with Gasteiger partial charge in [0, 0.05) is 31.8 Å². The lowest BCUT2D eigenvalue weighted by Gasteiger charge is -2.32. The molecule has 0 radical (unpaired) electrons. The van der Waals surface area contributed by atoms with E-state index in [0.717, 1.165) is 25.9 Å². The molecule has 0 spiro atoms. The predicted molar refractivity (Wildman–Crippen MR) is 103 cm³/mol. The largest absolute Gasteiger partial charge is 0.459 e. The number of ether oxygens (including phenoxy) is 1. The molecule has 2 saturated heterocycles. The van der Waals surface area contributed by atoms with E-state index in [2.05, 4.69) is 20.6 Å². The molecule has 154 valence electrons. The topological polar surface area (TPSA) is 106 Å². The second-order valence-corrected chi connectivity index (χ2v) is 8.42. The lowest BCUT2D eigenvalue weighted by Crippen LogP contribution is -2.47. The lowest BCUT2D eigenvalue weighted by molar-refractivity contribution is -0.156. The average Bonchev–Trinajstić information content (AvgIpc) is 3.05. The number of rotatable bonds is 5. The third kappa shape index (κ3) is 5.54. The number of anilines is 1. The van der Waals surface area contributed by atoms with E-state index >= 15 is 0 Å². The molecule has 3 rings (SSSR count). The van der Waals surface area contributed by atoms with Gasteiger partial charge in [0.15, 0.2) is 0 Å². The van der Waals surface area contributed by atoms with Crippen LogP contribution in [0.5, 0.6) is 0 Å². The Morgan fingerprint density at radius 2 is 2.00 bits per heavy atom. The molecule has 9 heteroatoms. The van der Waals surface area contributed by atoms with Gasteiger partial charge in [-0.3, -0.25) is 29.3 Å². The van der Waals surface area contributed by atoms with Crippen LogP contribution in [0.3, 0.4) is 0 Å². The highest BCUT2D eigenvalue weighted by atomic mass is 16.6. The molecule has 9 nitrogen and oxygen atoms in total. The Labute approximate surface area is 164 Å². The Hall–Kier alpha value is -2.42. The number of aromatic nitrogens is 2. The van der Waals surface area contributed by atoms with E-state index in [1.165, 1.54) is 0 Å². The van der Waals surface area contributed by atoms with E-state index in [9.17, 15) is 14.4 Å². The normalized spacial score (nSPS) is 22.0. The van der Waals surface area contributed by atoms with E-state index in [-0.39, 0.29) is 23.8 Å². The predicted octanol–water partition coefficient (Wildman–Crippen LogP) is 1.08. The molecular weight excluding hydrogens is 362 g/mol. The molecule has 2 aliphatic heterocycles.